The molecule has 0 spiro atoms. The highest BCUT2D eigenvalue weighted by Crippen LogP contribution is 2.10. The number of methoxy groups -OCH3 is 1. The van der Waals surface area contributed by atoms with Crippen LogP contribution in [0.4, 0.5) is 0 Å². The Hall–Kier alpha value is -0.170. The molecule has 0 saturated carbocycles. The maximum absolute atomic E-state index is 8.74. The van der Waals surface area contributed by atoms with Crippen molar-refractivity contribution in [3.8, 4) is 0 Å². The number of unbranched alkanes of at least 4 members (excludes halogenated alkanes) is 9. The molecule has 0 aliphatic heterocycles. The fourth-order valence-corrected chi connectivity index (χ4v) is 1.73. The Kier molecular flexibility index (Phi) is 17.7. The smallest absolute Gasteiger partial charge is 0.385 e. The van der Waals surface area contributed by atoms with Crippen LogP contribution in [0.15, 0.2) is 0 Å². The second-order valence-corrected chi connectivity index (χ2v) is 5.52. The summed E-state index contributed by atoms with van der Waals surface area (Å²) in [6, 6.07) is 0. The topological polar surface area (TPSA) is 83.8 Å². The maximum Gasteiger partial charge on any atom is 0.394 e. The van der Waals surface area contributed by atoms with Crippen molar-refractivity contribution in [1.82, 2.24) is 0 Å². The first-order chi connectivity index (χ1) is 8.91. The zero-order valence-corrected chi connectivity index (χ0v) is 13.1. The van der Waals surface area contributed by atoms with Gasteiger partial charge in [0.05, 0.1) is 0 Å². The van der Waals surface area contributed by atoms with E-state index in [2.05, 4.69) is 6.92 Å². The molecule has 0 heterocycles. The van der Waals surface area contributed by atoms with Crippen molar-refractivity contribution in [3.05, 3.63) is 0 Å². The average molecular weight is 298 g/mol. The van der Waals surface area contributed by atoms with Gasteiger partial charge in [0.1, 0.15) is 0 Å². The molecular formula is C13H30O5S. The third-order valence-corrected chi connectivity index (χ3v) is 2.70. The molecule has 6 heteroatoms. The summed E-state index contributed by atoms with van der Waals surface area (Å²) < 4.78 is 36.6. The molecule has 0 saturated heterocycles. The molecule has 0 aromatic carbocycles. The third-order valence-electron chi connectivity index (χ3n) is 2.70. The normalized spacial score (nSPS) is 10.9. The summed E-state index contributed by atoms with van der Waals surface area (Å²) in [6.45, 7) is 3.21. The van der Waals surface area contributed by atoms with Crippen LogP contribution in [0.25, 0.3) is 0 Å². The molecule has 0 aliphatic carbocycles. The Labute approximate surface area is 118 Å². The number of hydrogen-bond donors (Lipinski definition) is 2. The molecule has 0 fully saturated rings. The summed E-state index contributed by atoms with van der Waals surface area (Å²) in [7, 11) is -2.88. The van der Waals surface area contributed by atoms with Gasteiger partial charge in [-0.15, -0.1) is 0 Å². The van der Waals surface area contributed by atoms with E-state index in [4.69, 9.17) is 22.3 Å². The minimum absolute atomic E-state index is 0.941. The van der Waals surface area contributed by atoms with Gasteiger partial charge in [-0.25, -0.2) is 0 Å². The van der Waals surface area contributed by atoms with Crippen molar-refractivity contribution < 1.29 is 22.3 Å². The van der Waals surface area contributed by atoms with E-state index in [1.165, 1.54) is 64.2 Å². The predicted molar refractivity (Wildman–Crippen MR) is 77.9 cm³/mol. The average Bonchev–Trinajstić information content (AvgIpc) is 2.29. The Bertz CT molecular complexity index is 232. The highest BCUT2D eigenvalue weighted by Gasteiger charge is 1.91. The van der Waals surface area contributed by atoms with Gasteiger partial charge in [0, 0.05) is 13.7 Å². The first-order valence-electron chi connectivity index (χ1n) is 7.10. The van der Waals surface area contributed by atoms with Gasteiger partial charge in [0.25, 0.3) is 0 Å². The lowest BCUT2D eigenvalue weighted by Crippen LogP contribution is -1.89. The Morgan fingerprint density at radius 2 is 1.11 bits per heavy atom. The van der Waals surface area contributed by atoms with Crippen molar-refractivity contribution in [1.29, 1.82) is 0 Å². The molecular weight excluding hydrogens is 268 g/mol. The standard InChI is InChI=1S/C13H28O.H2O4S/c1-3-4-5-6-7-8-9-10-11-12-13-14-2;1-5(2,3)4/h3-13H2,1-2H3;(H2,1,2,3,4). The zero-order chi connectivity index (χ0) is 15.0. The highest BCUT2D eigenvalue weighted by atomic mass is 32.3. The monoisotopic (exact) mass is 298 g/mol. The minimum Gasteiger partial charge on any atom is -0.385 e. The van der Waals surface area contributed by atoms with Crippen LogP contribution in [0, 0.1) is 0 Å². The van der Waals surface area contributed by atoms with Crippen molar-refractivity contribution in [2.24, 2.45) is 0 Å². The molecule has 5 nitrogen and oxygen atoms in total. The Morgan fingerprint density at radius 1 is 0.789 bits per heavy atom. The summed E-state index contributed by atoms with van der Waals surface area (Å²) in [5.41, 5.74) is 0. The van der Waals surface area contributed by atoms with Gasteiger partial charge in [0.2, 0.25) is 0 Å². The van der Waals surface area contributed by atoms with Crippen molar-refractivity contribution in [2.45, 2.75) is 71.1 Å². The number of hydrogen-bond acceptors (Lipinski definition) is 3. The van der Waals surface area contributed by atoms with Crippen LogP contribution in [0.3, 0.4) is 0 Å². The first-order valence-corrected chi connectivity index (χ1v) is 8.50. The molecule has 2 N–H and O–H groups in total. The largest absolute Gasteiger partial charge is 0.394 e. The Balaban J connectivity index is 0. The molecule has 0 aromatic heterocycles. The van der Waals surface area contributed by atoms with E-state index >= 15 is 0 Å². The summed E-state index contributed by atoms with van der Waals surface area (Å²) in [4.78, 5) is 0. The number of ether oxygens (including phenoxy) is 1. The first kappa shape index (κ1) is 21.1. The van der Waals surface area contributed by atoms with E-state index in [0.29, 0.717) is 0 Å². The molecule has 19 heavy (non-hydrogen) atoms. The minimum atomic E-state index is -4.67. The molecule has 118 valence electrons. The van der Waals surface area contributed by atoms with E-state index < -0.39 is 10.4 Å². The van der Waals surface area contributed by atoms with Gasteiger partial charge in [0.15, 0.2) is 0 Å². The van der Waals surface area contributed by atoms with Gasteiger partial charge >= 0.3 is 10.4 Å². The lowest BCUT2D eigenvalue weighted by atomic mass is 10.1. The van der Waals surface area contributed by atoms with E-state index in [1.54, 1.807) is 7.11 Å². The molecule has 0 unspecified atom stereocenters. The van der Waals surface area contributed by atoms with Crippen LogP contribution >= 0.6 is 0 Å². The quantitative estimate of drug-likeness (QED) is 0.446. The van der Waals surface area contributed by atoms with Crippen molar-refractivity contribution in [2.75, 3.05) is 13.7 Å². The lowest BCUT2D eigenvalue weighted by molar-refractivity contribution is 0.192. The molecule has 0 bridgehead atoms. The van der Waals surface area contributed by atoms with Gasteiger partial charge < -0.3 is 4.74 Å². The molecule has 0 aromatic rings. The summed E-state index contributed by atoms with van der Waals surface area (Å²) in [5, 5.41) is 0. The Morgan fingerprint density at radius 3 is 1.42 bits per heavy atom. The summed E-state index contributed by atoms with van der Waals surface area (Å²) in [6.07, 6.45) is 14.0. The molecule has 0 amide bonds. The number of rotatable bonds is 11. The van der Waals surface area contributed by atoms with E-state index in [9.17, 15) is 0 Å². The van der Waals surface area contributed by atoms with E-state index in [0.717, 1.165) is 6.61 Å². The molecule has 0 rings (SSSR count). The van der Waals surface area contributed by atoms with Crippen LogP contribution in [0.5, 0.6) is 0 Å². The van der Waals surface area contributed by atoms with Crippen LogP contribution in [0.1, 0.15) is 71.1 Å². The fraction of sp³-hybridized carbons (Fsp3) is 1.00. The fourth-order valence-electron chi connectivity index (χ4n) is 1.73. The van der Waals surface area contributed by atoms with E-state index in [-0.39, 0.29) is 0 Å². The van der Waals surface area contributed by atoms with Crippen molar-refractivity contribution >= 4 is 10.4 Å². The van der Waals surface area contributed by atoms with Gasteiger partial charge in [-0.3, -0.25) is 9.11 Å². The van der Waals surface area contributed by atoms with Crippen LogP contribution in [0.2, 0.25) is 0 Å². The van der Waals surface area contributed by atoms with Crippen LogP contribution in [-0.4, -0.2) is 31.2 Å². The molecule has 0 radical (unpaired) electrons. The predicted octanol–water partition coefficient (Wildman–Crippen LogP) is 3.90. The molecule has 0 aliphatic rings. The van der Waals surface area contributed by atoms with E-state index in [1.807, 2.05) is 0 Å². The van der Waals surface area contributed by atoms with Gasteiger partial charge in [-0.05, 0) is 6.42 Å². The summed E-state index contributed by atoms with van der Waals surface area (Å²) >= 11 is 0. The van der Waals surface area contributed by atoms with Gasteiger partial charge in [-0.2, -0.15) is 8.42 Å². The molecule has 0 atom stereocenters. The zero-order valence-electron chi connectivity index (χ0n) is 12.3. The highest BCUT2D eigenvalue weighted by molar-refractivity contribution is 7.79. The third kappa shape index (κ3) is 38.1. The van der Waals surface area contributed by atoms with Crippen LogP contribution in [-0.2, 0) is 15.1 Å². The van der Waals surface area contributed by atoms with Crippen LogP contribution < -0.4 is 0 Å². The summed E-state index contributed by atoms with van der Waals surface area (Å²) in [5.74, 6) is 0. The van der Waals surface area contributed by atoms with Gasteiger partial charge in [-0.1, -0.05) is 64.7 Å². The van der Waals surface area contributed by atoms with Crippen molar-refractivity contribution in [3.63, 3.8) is 0 Å². The maximum atomic E-state index is 8.74. The SMILES string of the molecule is CCCCCCCCCCCCOC.O=S(=O)(O)O. The second kappa shape index (κ2) is 15.9. The lowest BCUT2D eigenvalue weighted by Gasteiger charge is -2.01. The second-order valence-electron chi connectivity index (χ2n) is 4.62.